The predicted octanol–water partition coefficient (Wildman–Crippen LogP) is 4.47. The Bertz CT molecular complexity index is 1210. The molecule has 5 rings (SSSR count). The van der Waals surface area contributed by atoms with Gasteiger partial charge >= 0.3 is 0 Å². The van der Waals surface area contributed by atoms with Gasteiger partial charge in [0.25, 0.3) is 5.91 Å². The smallest absolute Gasteiger partial charge is 0.253 e. The second kappa shape index (κ2) is 8.00. The number of nitrogens with zero attached hydrogens (tertiary/aromatic N) is 4. The highest BCUT2D eigenvalue weighted by Gasteiger charge is 2.28. The van der Waals surface area contributed by atoms with Crippen LogP contribution in [0.5, 0.6) is 0 Å². The fraction of sp³-hybridized carbons (Fsp3) is 0.231. The molecule has 1 saturated heterocycles. The molecule has 31 heavy (non-hydrogen) atoms. The van der Waals surface area contributed by atoms with E-state index in [-0.39, 0.29) is 5.91 Å². The third kappa shape index (κ3) is 3.62. The number of hydrogen-bond acceptors (Lipinski definition) is 3. The van der Waals surface area contributed by atoms with E-state index in [1.807, 2.05) is 65.6 Å². The molecule has 0 saturated carbocycles. The van der Waals surface area contributed by atoms with Crippen LogP contribution in [0.15, 0.2) is 78.9 Å². The summed E-state index contributed by atoms with van der Waals surface area (Å²) in [6.07, 6.45) is 1.03. The SMILES string of the molecule is CN(C)[C@H]1CCN(C(=O)c2ccc(-n3c(-c4ccccc4)nc4ccccc43)cc2)C1. The first kappa shape index (κ1) is 19.5. The molecule has 4 aromatic rings. The second-order valence-electron chi connectivity index (χ2n) is 8.33. The van der Waals surface area contributed by atoms with E-state index in [1.54, 1.807) is 0 Å². The van der Waals surface area contributed by atoms with Gasteiger partial charge in [-0.25, -0.2) is 4.98 Å². The van der Waals surface area contributed by atoms with Crippen molar-refractivity contribution < 1.29 is 4.79 Å². The Morgan fingerprint density at radius 3 is 2.35 bits per heavy atom. The van der Waals surface area contributed by atoms with E-state index in [9.17, 15) is 4.79 Å². The Labute approximate surface area is 182 Å². The van der Waals surface area contributed by atoms with Crippen molar-refractivity contribution >= 4 is 16.9 Å². The third-order valence-corrected chi connectivity index (χ3v) is 6.15. The number of benzene rings is 3. The highest BCUT2D eigenvalue weighted by atomic mass is 16.2. The Morgan fingerprint density at radius 2 is 1.65 bits per heavy atom. The first-order valence-electron chi connectivity index (χ1n) is 10.7. The number of hydrogen-bond donors (Lipinski definition) is 0. The largest absolute Gasteiger partial charge is 0.337 e. The number of likely N-dealkylation sites (N-methyl/N-ethyl adjacent to an activating group) is 1. The van der Waals surface area contributed by atoms with Gasteiger partial charge < -0.3 is 9.80 Å². The van der Waals surface area contributed by atoms with Crippen molar-refractivity contribution in [1.82, 2.24) is 19.4 Å². The molecule has 1 atom stereocenters. The van der Waals surface area contributed by atoms with Crippen molar-refractivity contribution in [2.45, 2.75) is 12.5 Å². The normalized spacial score (nSPS) is 16.4. The number of likely N-dealkylation sites (tertiary alicyclic amines) is 1. The first-order valence-corrected chi connectivity index (χ1v) is 10.7. The van der Waals surface area contributed by atoms with Gasteiger partial charge in [-0.05, 0) is 56.9 Å². The van der Waals surface area contributed by atoms with Crippen molar-refractivity contribution in [2.75, 3.05) is 27.2 Å². The van der Waals surface area contributed by atoms with Crippen molar-refractivity contribution in [2.24, 2.45) is 0 Å². The van der Waals surface area contributed by atoms with Crippen LogP contribution >= 0.6 is 0 Å². The van der Waals surface area contributed by atoms with Crippen LogP contribution in [-0.4, -0.2) is 58.5 Å². The number of carbonyl (C=O) groups excluding carboxylic acids is 1. The lowest BCUT2D eigenvalue weighted by molar-refractivity contribution is 0.0783. The maximum absolute atomic E-state index is 13.0. The van der Waals surface area contributed by atoms with Crippen LogP contribution in [-0.2, 0) is 0 Å². The molecule has 1 aliphatic rings. The molecular formula is C26H26N4O. The third-order valence-electron chi connectivity index (χ3n) is 6.15. The Hall–Kier alpha value is -3.44. The minimum Gasteiger partial charge on any atom is -0.337 e. The van der Waals surface area contributed by atoms with Crippen molar-refractivity contribution in [3.8, 4) is 17.1 Å². The number of carbonyl (C=O) groups is 1. The Morgan fingerprint density at radius 1 is 0.935 bits per heavy atom. The molecule has 1 aromatic heterocycles. The molecule has 5 nitrogen and oxygen atoms in total. The summed E-state index contributed by atoms with van der Waals surface area (Å²) in [7, 11) is 4.15. The lowest BCUT2D eigenvalue weighted by atomic mass is 10.1. The first-order chi connectivity index (χ1) is 15.1. The van der Waals surface area contributed by atoms with E-state index in [0.717, 1.165) is 53.2 Å². The van der Waals surface area contributed by atoms with E-state index in [4.69, 9.17) is 4.98 Å². The van der Waals surface area contributed by atoms with E-state index in [1.165, 1.54) is 0 Å². The molecule has 5 heteroatoms. The van der Waals surface area contributed by atoms with Gasteiger partial charge in [0, 0.05) is 35.9 Å². The summed E-state index contributed by atoms with van der Waals surface area (Å²) in [6.45, 7) is 1.60. The van der Waals surface area contributed by atoms with Crippen LogP contribution in [0.2, 0.25) is 0 Å². The average molecular weight is 411 g/mol. The molecule has 3 aromatic carbocycles. The molecule has 2 heterocycles. The van der Waals surface area contributed by atoms with Gasteiger partial charge in [-0.1, -0.05) is 42.5 Å². The summed E-state index contributed by atoms with van der Waals surface area (Å²) in [6, 6.07) is 26.7. The Balaban J connectivity index is 1.50. The number of rotatable bonds is 4. The van der Waals surface area contributed by atoms with Gasteiger partial charge in [0.05, 0.1) is 11.0 Å². The highest BCUT2D eigenvalue weighted by Crippen LogP contribution is 2.29. The van der Waals surface area contributed by atoms with E-state index in [2.05, 4.69) is 41.8 Å². The monoisotopic (exact) mass is 410 g/mol. The van der Waals surface area contributed by atoms with Crippen LogP contribution in [0.4, 0.5) is 0 Å². The quantitative estimate of drug-likeness (QED) is 0.499. The summed E-state index contributed by atoms with van der Waals surface area (Å²) < 4.78 is 2.16. The molecule has 156 valence electrons. The molecule has 0 N–H and O–H groups in total. The zero-order valence-corrected chi connectivity index (χ0v) is 17.9. The molecule has 0 spiro atoms. The molecule has 1 fully saturated rings. The molecular weight excluding hydrogens is 384 g/mol. The molecule has 0 unspecified atom stereocenters. The number of aromatic nitrogens is 2. The minimum atomic E-state index is 0.106. The summed E-state index contributed by atoms with van der Waals surface area (Å²) in [5, 5.41) is 0. The lowest BCUT2D eigenvalue weighted by Crippen LogP contribution is -2.34. The Kier molecular flexibility index (Phi) is 5.04. The molecule has 1 amide bonds. The van der Waals surface area contributed by atoms with E-state index < -0.39 is 0 Å². The number of fused-ring (bicyclic) bond motifs is 1. The maximum atomic E-state index is 13.0. The van der Waals surface area contributed by atoms with Crippen molar-refractivity contribution in [1.29, 1.82) is 0 Å². The van der Waals surface area contributed by atoms with Gasteiger partial charge in [0.2, 0.25) is 0 Å². The lowest BCUT2D eigenvalue weighted by Gasteiger charge is -2.20. The van der Waals surface area contributed by atoms with E-state index >= 15 is 0 Å². The minimum absolute atomic E-state index is 0.106. The maximum Gasteiger partial charge on any atom is 0.253 e. The summed E-state index contributed by atoms with van der Waals surface area (Å²) in [5.74, 6) is 1.00. The van der Waals surface area contributed by atoms with Gasteiger partial charge in [0.1, 0.15) is 5.82 Å². The summed E-state index contributed by atoms with van der Waals surface area (Å²) in [4.78, 5) is 22.0. The van der Waals surface area contributed by atoms with Crippen LogP contribution in [0.25, 0.3) is 28.1 Å². The summed E-state index contributed by atoms with van der Waals surface area (Å²) >= 11 is 0. The van der Waals surface area contributed by atoms with Gasteiger partial charge in [0.15, 0.2) is 0 Å². The van der Waals surface area contributed by atoms with Crippen LogP contribution in [0.3, 0.4) is 0 Å². The van der Waals surface area contributed by atoms with Crippen LogP contribution in [0, 0.1) is 0 Å². The average Bonchev–Trinajstić information content (AvgIpc) is 3.45. The van der Waals surface area contributed by atoms with Gasteiger partial charge in [-0.2, -0.15) is 0 Å². The molecule has 0 bridgehead atoms. The topological polar surface area (TPSA) is 41.4 Å². The van der Waals surface area contributed by atoms with Crippen molar-refractivity contribution in [3.63, 3.8) is 0 Å². The van der Waals surface area contributed by atoms with Crippen LogP contribution in [0.1, 0.15) is 16.8 Å². The molecule has 0 aliphatic carbocycles. The van der Waals surface area contributed by atoms with Crippen molar-refractivity contribution in [3.05, 3.63) is 84.4 Å². The number of imidazole rings is 1. The zero-order chi connectivity index (χ0) is 21.4. The van der Waals surface area contributed by atoms with E-state index in [0.29, 0.717) is 6.04 Å². The fourth-order valence-corrected chi connectivity index (χ4v) is 4.35. The number of amides is 1. The van der Waals surface area contributed by atoms with Crippen LogP contribution < -0.4 is 0 Å². The molecule has 1 aliphatic heterocycles. The van der Waals surface area contributed by atoms with Gasteiger partial charge in [-0.3, -0.25) is 9.36 Å². The zero-order valence-electron chi connectivity index (χ0n) is 17.9. The van der Waals surface area contributed by atoms with Gasteiger partial charge in [-0.15, -0.1) is 0 Å². The molecule has 0 radical (unpaired) electrons. The number of para-hydroxylation sites is 2. The second-order valence-corrected chi connectivity index (χ2v) is 8.33. The highest BCUT2D eigenvalue weighted by molar-refractivity contribution is 5.94. The predicted molar refractivity (Wildman–Crippen MR) is 125 cm³/mol. The fourth-order valence-electron chi connectivity index (χ4n) is 4.35. The summed E-state index contributed by atoms with van der Waals surface area (Å²) in [5.41, 5.74) is 4.79. The standard InChI is InChI=1S/C26H26N4O/c1-28(2)22-16-17-29(18-22)26(31)20-12-14-21(15-13-20)30-24-11-7-6-10-23(24)27-25(30)19-8-4-3-5-9-19/h3-15,22H,16-18H2,1-2H3/t22-/m0/s1.